The van der Waals surface area contributed by atoms with Crippen molar-refractivity contribution in [2.24, 2.45) is 0 Å². The van der Waals surface area contributed by atoms with Gasteiger partial charge in [-0.2, -0.15) is 0 Å². The van der Waals surface area contributed by atoms with E-state index >= 15 is 0 Å². The number of amides is 1. The molecule has 0 atom stereocenters. The van der Waals surface area contributed by atoms with Gasteiger partial charge in [0.2, 0.25) is 5.91 Å². The molecule has 0 aliphatic carbocycles. The first-order chi connectivity index (χ1) is 6.61. The zero-order valence-electron chi connectivity index (χ0n) is 8.20. The maximum Gasteiger partial charge on any atom is 0.246 e. The van der Waals surface area contributed by atoms with Gasteiger partial charge in [0.05, 0.1) is 0 Å². The Morgan fingerprint density at radius 2 is 2.00 bits per heavy atom. The lowest BCUT2D eigenvalue weighted by atomic mass is 10.2. The van der Waals surface area contributed by atoms with Crippen LogP contribution in [0.3, 0.4) is 0 Å². The Balaban J connectivity index is 2.79. The number of hydrogen-bond acceptors (Lipinski definition) is 1. The number of carbonyl (C=O) groups is 1. The lowest BCUT2D eigenvalue weighted by Gasteiger charge is -2.05. The fraction of sp³-hybridized carbons (Fsp3) is 0.182. The van der Waals surface area contributed by atoms with Crippen LogP contribution in [0.5, 0.6) is 0 Å². The van der Waals surface area contributed by atoms with E-state index in [-0.39, 0.29) is 5.91 Å². The van der Waals surface area contributed by atoms with Gasteiger partial charge in [-0.05, 0) is 17.7 Å². The number of rotatable bonds is 2. The first-order valence-electron chi connectivity index (χ1n) is 4.25. The van der Waals surface area contributed by atoms with Gasteiger partial charge >= 0.3 is 0 Å². The van der Waals surface area contributed by atoms with Crippen LogP contribution in [0.25, 0.3) is 6.08 Å². The molecule has 1 aromatic rings. The average molecular weight is 210 g/mol. The van der Waals surface area contributed by atoms with Gasteiger partial charge in [0.1, 0.15) is 0 Å². The molecule has 0 unspecified atom stereocenters. The van der Waals surface area contributed by atoms with Crippen molar-refractivity contribution >= 4 is 23.6 Å². The van der Waals surface area contributed by atoms with Crippen LogP contribution >= 0.6 is 11.6 Å². The van der Waals surface area contributed by atoms with Crippen molar-refractivity contribution in [3.63, 3.8) is 0 Å². The molecule has 0 heterocycles. The highest BCUT2D eigenvalue weighted by atomic mass is 35.5. The molecule has 0 N–H and O–H groups in total. The van der Waals surface area contributed by atoms with Gasteiger partial charge in [-0.1, -0.05) is 29.8 Å². The Hall–Kier alpha value is -1.28. The third-order valence-electron chi connectivity index (χ3n) is 1.75. The third kappa shape index (κ3) is 2.89. The van der Waals surface area contributed by atoms with Gasteiger partial charge in [0.25, 0.3) is 0 Å². The van der Waals surface area contributed by atoms with Crippen molar-refractivity contribution in [3.05, 3.63) is 40.9 Å². The molecule has 1 amide bonds. The Bertz CT molecular complexity index is 358. The van der Waals surface area contributed by atoms with Crippen LogP contribution in [0.2, 0.25) is 5.02 Å². The summed E-state index contributed by atoms with van der Waals surface area (Å²) in [6.45, 7) is 0. The number of nitrogens with zero attached hydrogens (tertiary/aromatic N) is 1. The summed E-state index contributed by atoms with van der Waals surface area (Å²) in [6.07, 6.45) is 3.21. The van der Waals surface area contributed by atoms with Crippen molar-refractivity contribution in [2.75, 3.05) is 14.1 Å². The molecule has 0 aromatic heterocycles. The van der Waals surface area contributed by atoms with Gasteiger partial charge in [-0.3, -0.25) is 4.79 Å². The number of carbonyl (C=O) groups excluding carboxylic acids is 1. The normalized spacial score (nSPS) is 10.5. The van der Waals surface area contributed by atoms with Gasteiger partial charge in [0, 0.05) is 25.2 Å². The molecule has 0 fully saturated rings. The monoisotopic (exact) mass is 209 g/mol. The molecule has 2 nitrogen and oxygen atoms in total. The second-order valence-corrected chi connectivity index (χ2v) is 3.49. The fourth-order valence-electron chi connectivity index (χ4n) is 0.920. The van der Waals surface area contributed by atoms with E-state index in [2.05, 4.69) is 0 Å². The summed E-state index contributed by atoms with van der Waals surface area (Å²) < 4.78 is 0. The lowest BCUT2D eigenvalue weighted by molar-refractivity contribution is -0.123. The van der Waals surface area contributed by atoms with E-state index in [1.807, 2.05) is 18.2 Å². The SMILES string of the molecule is CN(C)C(=O)C=Cc1ccccc1Cl. The third-order valence-corrected chi connectivity index (χ3v) is 2.10. The van der Waals surface area contributed by atoms with Crippen molar-refractivity contribution in [1.82, 2.24) is 4.90 Å². The van der Waals surface area contributed by atoms with E-state index in [9.17, 15) is 4.79 Å². The largest absolute Gasteiger partial charge is 0.345 e. The molecule has 0 saturated carbocycles. The van der Waals surface area contributed by atoms with Gasteiger partial charge < -0.3 is 4.90 Å². The van der Waals surface area contributed by atoms with Gasteiger partial charge in [-0.15, -0.1) is 0 Å². The Morgan fingerprint density at radius 3 is 2.57 bits per heavy atom. The molecule has 74 valence electrons. The van der Waals surface area contributed by atoms with Crippen LogP contribution < -0.4 is 0 Å². The average Bonchev–Trinajstić information content (AvgIpc) is 2.16. The Kier molecular flexibility index (Phi) is 3.72. The van der Waals surface area contributed by atoms with Gasteiger partial charge in [0.15, 0.2) is 0 Å². The zero-order chi connectivity index (χ0) is 10.6. The minimum absolute atomic E-state index is 0.0510. The van der Waals surface area contributed by atoms with Crippen LogP contribution in [-0.2, 0) is 4.79 Å². The lowest BCUT2D eigenvalue weighted by Crippen LogP contribution is -2.18. The molecule has 0 saturated heterocycles. The predicted octanol–water partition coefficient (Wildman–Crippen LogP) is 2.44. The molecule has 1 aromatic carbocycles. The molecule has 14 heavy (non-hydrogen) atoms. The standard InChI is InChI=1S/C11H12ClNO/c1-13(2)11(14)8-7-9-5-3-4-6-10(9)12/h3-8H,1-2H3. The highest BCUT2D eigenvalue weighted by Crippen LogP contribution is 2.16. The van der Waals surface area contributed by atoms with Crippen molar-refractivity contribution in [1.29, 1.82) is 0 Å². The van der Waals surface area contributed by atoms with Crippen LogP contribution in [-0.4, -0.2) is 24.9 Å². The molecular weight excluding hydrogens is 198 g/mol. The van der Waals surface area contributed by atoms with Crippen molar-refractivity contribution < 1.29 is 4.79 Å². The van der Waals surface area contributed by atoms with Crippen LogP contribution in [0, 0.1) is 0 Å². The van der Waals surface area contributed by atoms with Crippen LogP contribution in [0.4, 0.5) is 0 Å². The minimum atomic E-state index is -0.0510. The van der Waals surface area contributed by atoms with E-state index in [4.69, 9.17) is 11.6 Å². The Morgan fingerprint density at radius 1 is 1.36 bits per heavy atom. The molecule has 0 aliphatic rings. The summed E-state index contributed by atoms with van der Waals surface area (Å²) in [5.74, 6) is -0.0510. The first kappa shape index (κ1) is 10.8. The van der Waals surface area contributed by atoms with Crippen molar-refractivity contribution in [2.45, 2.75) is 0 Å². The molecule has 0 spiro atoms. The van der Waals surface area contributed by atoms with E-state index in [0.717, 1.165) is 5.56 Å². The summed E-state index contributed by atoms with van der Waals surface area (Å²) >= 11 is 5.91. The predicted molar refractivity (Wildman–Crippen MR) is 59.2 cm³/mol. The van der Waals surface area contributed by atoms with Crippen molar-refractivity contribution in [3.8, 4) is 0 Å². The second-order valence-electron chi connectivity index (χ2n) is 3.09. The summed E-state index contributed by atoms with van der Waals surface area (Å²) in [6, 6.07) is 7.39. The summed E-state index contributed by atoms with van der Waals surface area (Å²) in [4.78, 5) is 12.7. The topological polar surface area (TPSA) is 20.3 Å². The maximum atomic E-state index is 11.2. The molecule has 0 aliphatic heterocycles. The van der Waals surface area contributed by atoms with E-state index in [0.29, 0.717) is 5.02 Å². The fourth-order valence-corrected chi connectivity index (χ4v) is 1.12. The molecule has 1 rings (SSSR count). The van der Waals surface area contributed by atoms with E-state index < -0.39 is 0 Å². The highest BCUT2D eigenvalue weighted by Gasteiger charge is 1.98. The second kappa shape index (κ2) is 4.82. The number of hydrogen-bond donors (Lipinski definition) is 0. The maximum absolute atomic E-state index is 11.2. The minimum Gasteiger partial charge on any atom is -0.345 e. The quantitative estimate of drug-likeness (QED) is 0.686. The van der Waals surface area contributed by atoms with Crippen LogP contribution in [0.1, 0.15) is 5.56 Å². The number of benzene rings is 1. The summed E-state index contributed by atoms with van der Waals surface area (Å²) in [5, 5.41) is 0.648. The summed E-state index contributed by atoms with van der Waals surface area (Å²) in [7, 11) is 3.42. The molecule has 3 heteroatoms. The molecule has 0 bridgehead atoms. The molecular formula is C11H12ClNO. The van der Waals surface area contributed by atoms with Gasteiger partial charge in [-0.25, -0.2) is 0 Å². The smallest absolute Gasteiger partial charge is 0.246 e. The van der Waals surface area contributed by atoms with E-state index in [1.54, 1.807) is 26.2 Å². The highest BCUT2D eigenvalue weighted by molar-refractivity contribution is 6.32. The zero-order valence-corrected chi connectivity index (χ0v) is 8.95. The number of halogens is 1. The van der Waals surface area contributed by atoms with E-state index in [1.165, 1.54) is 11.0 Å². The first-order valence-corrected chi connectivity index (χ1v) is 4.63. The molecule has 0 radical (unpaired) electrons. The van der Waals surface area contributed by atoms with Crippen LogP contribution in [0.15, 0.2) is 30.3 Å². The Labute approximate surface area is 88.8 Å². The summed E-state index contributed by atoms with van der Waals surface area (Å²) in [5.41, 5.74) is 0.851. The number of likely N-dealkylation sites (N-methyl/N-ethyl adjacent to an activating group) is 1.